The van der Waals surface area contributed by atoms with Crippen LogP contribution in [0, 0.1) is 0 Å². The highest BCUT2D eigenvalue weighted by Crippen LogP contribution is 2.30. The van der Waals surface area contributed by atoms with E-state index in [1.807, 2.05) is 30.3 Å². The lowest BCUT2D eigenvalue weighted by Gasteiger charge is -2.19. The third-order valence-corrected chi connectivity index (χ3v) is 3.18. The van der Waals surface area contributed by atoms with Crippen molar-refractivity contribution in [2.45, 2.75) is 20.0 Å². The first kappa shape index (κ1) is 11.0. The lowest BCUT2D eigenvalue weighted by Crippen LogP contribution is -2.11. The fourth-order valence-corrected chi connectivity index (χ4v) is 2.20. The first-order valence-electron chi connectivity index (χ1n) is 6.26. The summed E-state index contributed by atoms with van der Waals surface area (Å²) >= 11 is 0. The molecule has 0 saturated heterocycles. The molecule has 0 spiro atoms. The van der Waals surface area contributed by atoms with Crippen LogP contribution in [0.5, 0.6) is 0 Å². The van der Waals surface area contributed by atoms with Crippen LogP contribution in [0.3, 0.4) is 0 Å². The predicted octanol–water partition coefficient (Wildman–Crippen LogP) is 3.86. The quantitative estimate of drug-likeness (QED) is 0.777. The maximum Gasteiger partial charge on any atom is 0.221 e. The van der Waals surface area contributed by atoms with Crippen LogP contribution in [0.25, 0.3) is 0 Å². The highest BCUT2D eigenvalue weighted by Gasteiger charge is 2.16. The van der Waals surface area contributed by atoms with Gasteiger partial charge in [-0.25, -0.2) is 4.99 Å². The summed E-state index contributed by atoms with van der Waals surface area (Å²) in [5, 5.41) is 0. The van der Waals surface area contributed by atoms with Gasteiger partial charge >= 0.3 is 0 Å². The number of fused-ring (bicyclic) bond motifs is 1. The molecular formula is C16H15NO. The fraction of sp³-hybridized carbons (Fsp3) is 0.188. The van der Waals surface area contributed by atoms with Crippen molar-refractivity contribution >= 4 is 11.6 Å². The number of nitrogens with zero attached hydrogens (tertiary/aromatic N) is 1. The molecular weight excluding hydrogens is 222 g/mol. The van der Waals surface area contributed by atoms with Gasteiger partial charge in [0.2, 0.25) is 5.90 Å². The summed E-state index contributed by atoms with van der Waals surface area (Å²) in [4.78, 5) is 4.68. The average Bonchev–Trinajstić information content (AvgIpc) is 2.47. The van der Waals surface area contributed by atoms with Gasteiger partial charge in [0, 0.05) is 11.1 Å². The number of aryl methyl sites for hydroxylation is 1. The monoisotopic (exact) mass is 237 g/mol. The third kappa shape index (κ3) is 1.90. The molecule has 2 aromatic carbocycles. The lowest BCUT2D eigenvalue weighted by molar-refractivity contribution is 0.288. The van der Waals surface area contributed by atoms with Crippen LogP contribution in [0.15, 0.2) is 53.5 Å². The average molecular weight is 237 g/mol. The van der Waals surface area contributed by atoms with Crippen LogP contribution in [0.4, 0.5) is 5.69 Å². The van der Waals surface area contributed by atoms with Gasteiger partial charge in [0.05, 0.1) is 5.69 Å². The maximum atomic E-state index is 5.74. The van der Waals surface area contributed by atoms with Gasteiger partial charge in [0.25, 0.3) is 0 Å². The minimum absolute atomic E-state index is 0.608. The standard InChI is InChI=1S/C16H15NO/c1-2-12-9-6-10-14-11-18-16(17-15(12)14)13-7-4-3-5-8-13/h3-10H,2,11H2,1H3. The minimum Gasteiger partial charge on any atom is -0.472 e. The first-order chi connectivity index (χ1) is 8.88. The van der Waals surface area contributed by atoms with E-state index in [1.165, 1.54) is 11.1 Å². The smallest absolute Gasteiger partial charge is 0.221 e. The Morgan fingerprint density at radius 2 is 1.89 bits per heavy atom. The highest BCUT2D eigenvalue weighted by atomic mass is 16.5. The second kappa shape index (κ2) is 4.65. The van der Waals surface area contributed by atoms with Gasteiger partial charge in [-0.05, 0) is 24.1 Å². The van der Waals surface area contributed by atoms with E-state index in [-0.39, 0.29) is 0 Å². The van der Waals surface area contributed by atoms with E-state index in [0.29, 0.717) is 6.61 Å². The molecule has 2 nitrogen and oxygen atoms in total. The Balaban J connectivity index is 2.08. The fourth-order valence-electron chi connectivity index (χ4n) is 2.20. The molecule has 0 fully saturated rings. The molecule has 0 aliphatic carbocycles. The van der Waals surface area contributed by atoms with E-state index in [4.69, 9.17) is 4.74 Å². The van der Waals surface area contributed by atoms with Crippen LogP contribution in [-0.4, -0.2) is 5.90 Å². The molecule has 1 heterocycles. The molecule has 0 unspecified atom stereocenters. The number of ether oxygens (including phenoxy) is 1. The Bertz CT molecular complexity index is 587. The summed E-state index contributed by atoms with van der Waals surface area (Å²) in [6.07, 6.45) is 0.995. The van der Waals surface area contributed by atoms with E-state index in [9.17, 15) is 0 Å². The minimum atomic E-state index is 0.608. The second-order valence-corrected chi connectivity index (χ2v) is 4.35. The first-order valence-corrected chi connectivity index (χ1v) is 6.26. The SMILES string of the molecule is CCc1cccc2c1N=C(c1ccccc1)OC2. The van der Waals surface area contributed by atoms with Gasteiger partial charge in [-0.2, -0.15) is 0 Å². The number of rotatable bonds is 2. The van der Waals surface area contributed by atoms with Crippen molar-refractivity contribution in [2.75, 3.05) is 0 Å². The maximum absolute atomic E-state index is 5.74. The van der Waals surface area contributed by atoms with E-state index < -0.39 is 0 Å². The normalized spacial score (nSPS) is 13.5. The Hall–Kier alpha value is -2.09. The summed E-state index contributed by atoms with van der Waals surface area (Å²) in [6.45, 7) is 2.76. The van der Waals surface area contributed by atoms with E-state index in [1.54, 1.807) is 0 Å². The van der Waals surface area contributed by atoms with Crippen LogP contribution in [0.2, 0.25) is 0 Å². The molecule has 0 saturated carbocycles. The van der Waals surface area contributed by atoms with Crippen molar-refractivity contribution in [1.82, 2.24) is 0 Å². The second-order valence-electron chi connectivity index (χ2n) is 4.35. The van der Waals surface area contributed by atoms with Crippen LogP contribution in [-0.2, 0) is 17.8 Å². The summed E-state index contributed by atoms with van der Waals surface area (Å²) < 4.78 is 5.74. The summed E-state index contributed by atoms with van der Waals surface area (Å²) in [5.74, 6) is 0.726. The molecule has 2 aromatic rings. The molecule has 0 radical (unpaired) electrons. The Labute approximate surface area is 107 Å². The number of hydrogen-bond acceptors (Lipinski definition) is 2. The molecule has 1 aliphatic rings. The Kier molecular flexibility index (Phi) is 2.85. The largest absolute Gasteiger partial charge is 0.472 e. The molecule has 3 rings (SSSR count). The summed E-state index contributed by atoms with van der Waals surface area (Å²) in [6, 6.07) is 16.3. The zero-order valence-corrected chi connectivity index (χ0v) is 10.4. The van der Waals surface area contributed by atoms with E-state index >= 15 is 0 Å². The molecule has 0 aromatic heterocycles. The van der Waals surface area contributed by atoms with Crippen molar-refractivity contribution in [3.8, 4) is 0 Å². The van der Waals surface area contributed by atoms with Crippen molar-refractivity contribution in [1.29, 1.82) is 0 Å². The zero-order valence-electron chi connectivity index (χ0n) is 10.4. The van der Waals surface area contributed by atoms with Gasteiger partial charge in [-0.1, -0.05) is 43.3 Å². The topological polar surface area (TPSA) is 21.6 Å². The van der Waals surface area contributed by atoms with E-state index in [0.717, 1.165) is 23.6 Å². The number of benzene rings is 2. The van der Waals surface area contributed by atoms with Crippen LogP contribution in [0.1, 0.15) is 23.6 Å². The number of para-hydroxylation sites is 1. The van der Waals surface area contributed by atoms with Gasteiger partial charge < -0.3 is 4.74 Å². The molecule has 2 heteroatoms. The van der Waals surface area contributed by atoms with Crippen LogP contribution >= 0.6 is 0 Å². The van der Waals surface area contributed by atoms with Crippen molar-refractivity contribution in [3.63, 3.8) is 0 Å². The summed E-state index contributed by atoms with van der Waals surface area (Å²) in [7, 11) is 0. The van der Waals surface area contributed by atoms with Crippen LogP contribution < -0.4 is 0 Å². The van der Waals surface area contributed by atoms with Gasteiger partial charge in [-0.15, -0.1) is 0 Å². The molecule has 18 heavy (non-hydrogen) atoms. The van der Waals surface area contributed by atoms with Gasteiger partial charge in [-0.3, -0.25) is 0 Å². The van der Waals surface area contributed by atoms with Crippen molar-refractivity contribution < 1.29 is 4.74 Å². The van der Waals surface area contributed by atoms with Gasteiger partial charge in [0.15, 0.2) is 0 Å². The number of aliphatic imine (C=N–C) groups is 1. The lowest BCUT2D eigenvalue weighted by atomic mass is 10.0. The van der Waals surface area contributed by atoms with Gasteiger partial charge in [0.1, 0.15) is 6.61 Å². The molecule has 0 bridgehead atoms. The zero-order chi connectivity index (χ0) is 12.4. The molecule has 1 aliphatic heterocycles. The predicted molar refractivity (Wildman–Crippen MR) is 73.2 cm³/mol. The summed E-state index contributed by atoms with van der Waals surface area (Å²) in [5.41, 5.74) is 4.58. The Morgan fingerprint density at radius 3 is 2.67 bits per heavy atom. The van der Waals surface area contributed by atoms with Crippen molar-refractivity contribution in [2.24, 2.45) is 4.99 Å². The Morgan fingerprint density at radius 1 is 1.06 bits per heavy atom. The third-order valence-electron chi connectivity index (χ3n) is 3.18. The van der Waals surface area contributed by atoms with E-state index in [2.05, 4.69) is 30.1 Å². The highest BCUT2D eigenvalue weighted by molar-refractivity contribution is 5.97. The molecule has 0 atom stereocenters. The molecule has 0 N–H and O–H groups in total. The van der Waals surface area contributed by atoms with Crippen molar-refractivity contribution in [3.05, 3.63) is 65.2 Å². The molecule has 90 valence electrons. The molecule has 0 amide bonds. The number of hydrogen-bond donors (Lipinski definition) is 0.